The zero-order valence-electron chi connectivity index (χ0n) is 14.0. The molecule has 0 aliphatic carbocycles. The molecular formula is C19H20ClN5. The summed E-state index contributed by atoms with van der Waals surface area (Å²) in [7, 11) is 0. The number of hydrogen-bond donors (Lipinski definition) is 3. The highest BCUT2D eigenvalue weighted by Gasteiger charge is 2.09. The Morgan fingerprint density at radius 3 is 2.60 bits per heavy atom. The molecule has 0 radical (unpaired) electrons. The number of aromatic nitrogens is 2. The van der Waals surface area contributed by atoms with E-state index >= 15 is 0 Å². The summed E-state index contributed by atoms with van der Waals surface area (Å²) in [6.45, 7) is 2.73. The van der Waals surface area contributed by atoms with Crippen molar-refractivity contribution in [3.8, 4) is 0 Å². The highest BCUT2D eigenvalue weighted by Crippen LogP contribution is 2.28. The lowest BCUT2D eigenvalue weighted by Gasteiger charge is -2.14. The van der Waals surface area contributed by atoms with Gasteiger partial charge in [-0.05, 0) is 36.6 Å². The van der Waals surface area contributed by atoms with Gasteiger partial charge < -0.3 is 16.4 Å². The van der Waals surface area contributed by atoms with Gasteiger partial charge in [0.25, 0.3) is 0 Å². The Morgan fingerprint density at radius 2 is 1.80 bits per heavy atom. The minimum absolute atomic E-state index is 0.481. The van der Waals surface area contributed by atoms with Crippen LogP contribution in [0, 0.1) is 6.92 Å². The van der Waals surface area contributed by atoms with Gasteiger partial charge in [0.2, 0.25) is 0 Å². The van der Waals surface area contributed by atoms with E-state index in [0.717, 1.165) is 24.2 Å². The molecule has 0 unspecified atom stereocenters. The summed E-state index contributed by atoms with van der Waals surface area (Å²) in [5, 5.41) is 7.16. The molecule has 0 saturated carbocycles. The summed E-state index contributed by atoms with van der Waals surface area (Å²) in [5.74, 6) is 1.18. The Morgan fingerprint density at radius 1 is 1.04 bits per heavy atom. The summed E-state index contributed by atoms with van der Waals surface area (Å²) < 4.78 is 0. The number of halogens is 1. The van der Waals surface area contributed by atoms with E-state index in [-0.39, 0.29) is 0 Å². The third-order valence-corrected chi connectivity index (χ3v) is 4.12. The molecule has 0 fully saturated rings. The highest BCUT2D eigenvalue weighted by atomic mass is 35.5. The van der Waals surface area contributed by atoms with Gasteiger partial charge in [-0.25, -0.2) is 9.97 Å². The fraction of sp³-hybridized carbons (Fsp3) is 0.158. The van der Waals surface area contributed by atoms with Crippen LogP contribution in [0.5, 0.6) is 0 Å². The fourth-order valence-electron chi connectivity index (χ4n) is 2.46. The topological polar surface area (TPSA) is 75.9 Å². The maximum Gasteiger partial charge on any atom is 0.159 e. The molecular weight excluding hydrogens is 334 g/mol. The molecule has 4 N–H and O–H groups in total. The van der Waals surface area contributed by atoms with Crippen molar-refractivity contribution >= 4 is 34.6 Å². The van der Waals surface area contributed by atoms with Gasteiger partial charge in [0, 0.05) is 17.3 Å². The third-order valence-electron chi connectivity index (χ3n) is 3.89. The van der Waals surface area contributed by atoms with Gasteiger partial charge in [-0.1, -0.05) is 48.0 Å². The van der Waals surface area contributed by atoms with Crippen molar-refractivity contribution in [1.29, 1.82) is 0 Å². The standard InChI is InChI=1S/C19H20ClN5/c1-13-7-8-15(20)11-16(13)25-19-17(21)18(23-12-24-19)22-10-9-14-5-3-2-4-6-14/h2-8,11-12H,9-10,21H2,1H3,(H2,22,23,24,25). The number of benzene rings is 2. The van der Waals surface area contributed by atoms with Crippen molar-refractivity contribution in [1.82, 2.24) is 9.97 Å². The zero-order chi connectivity index (χ0) is 17.6. The summed E-state index contributed by atoms with van der Waals surface area (Å²) in [5.41, 5.74) is 9.88. The molecule has 0 aliphatic heterocycles. The normalized spacial score (nSPS) is 10.5. The lowest BCUT2D eigenvalue weighted by atomic mass is 10.1. The number of nitrogens with zero attached hydrogens (tertiary/aromatic N) is 2. The minimum Gasteiger partial charge on any atom is -0.393 e. The van der Waals surface area contributed by atoms with Gasteiger partial charge in [0.1, 0.15) is 12.0 Å². The van der Waals surface area contributed by atoms with Gasteiger partial charge in [-0.15, -0.1) is 0 Å². The van der Waals surface area contributed by atoms with E-state index in [1.54, 1.807) is 0 Å². The van der Waals surface area contributed by atoms with Gasteiger partial charge in [0.05, 0.1) is 0 Å². The van der Waals surface area contributed by atoms with Crippen LogP contribution in [0.25, 0.3) is 0 Å². The molecule has 0 aliphatic rings. The van der Waals surface area contributed by atoms with Crippen LogP contribution in [0.15, 0.2) is 54.9 Å². The Bertz CT molecular complexity index is 852. The molecule has 1 heterocycles. The van der Waals surface area contributed by atoms with Crippen LogP contribution in [0.1, 0.15) is 11.1 Å². The number of rotatable bonds is 6. The van der Waals surface area contributed by atoms with Crippen LogP contribution in [0.3, 0.4) is 0 Å². The second-order valence-corrected chi connectivity index (χ2v) is 6.17. The molecule has 0 atom stereocenters. The van der Waals surface area contributed by atoms with E-state index in [9.17, 15) is 0 Å². The minimum atomic E-state index is 0.481. The van der Waals surface area contributed by atoms with Gasteiger partial charge >= 0.3 is 0 Å². The molecule has 1 aromatic heterocycles. The van der Waals surface area contributed by atoms with Crippen molar-refractivity contribution in [3.05, 3.63) is 71.0 Å². The van der Waals surface area contributed by atoms with Gasteiger partial charge in [-0.2, -0.15) is 0 Å². The van der Waals surface area contributed by atoms with Crippen LogP contribution in [0.2, 0.25) is 5.02 Å². The molecule has 6 heteroatoms. The molecule has 128 valence electrons. The molecule has 25 heavy (non-hydrogen) atoms. The molecule has 2 aromatic carbocycles. The zero-order valence-corrected chi connectivity index (χ0v) is 14.7. The van der Waals surface area contributed by atoms with Crippen molar-refractivity contribution in [3.63, 3.8) is 0 Å². The lowest BCUT2D eigenvalue weighted by molar-refractivity contribution is 1.00. The van der Waals surface area contributed by atoms with Crippen LogP contribution < -0.4 is 16.4 Å². The average Bonchev–Trinajstić information content (AvgIpc) is 2.62. The number of anilines is 4. The number of nitrogens with two attached hydrogens (primary N) is 1. The number of aryl methyl sites for hydroxylation is 1. The van der Waals surface area contributed by atoms with Crippen molar-refractivity contribution in [2.75, 3.05) is 22.9 Å². The quantitative estimate of drug-likeness (QED) is 0.611. The summed E-state index contributed by atoms with van der Waals surface area (Å²) >= 11 is 6.06. The SMILES string of the molecule is Cc1ccc(Cl)cc1Nc1ncnc(NCCc2ccccc2)c1N. The number of hydrogen-bond acceptors (Lipinski definition) is 5. The molecule has 3 aromatic rings. The summed E-state index contributed by atoms with van der Waals surface area (Å²) in [6.07, 6.45) is 2.38. The van der Waals surface area contributed by atoms with Crippen LogP contribution in [-0.2, 0) is 6.42 Å². The van der Waals surface area contributed by atoms with E-state index in [0.29, 0.717) is 22.3 Å². The highest BCUT2D eigenvalue weighted by molar-refractivity contribution is 6.30. The monoisotopic (exact) mass is 353 g/mol. The number of nitrogens with one attached hydrogen (secondary N) is 2. The Kier molecular flexibility index (Phi) is 5.36. The smallest absolute Gasteiger partial charge is 0.159 e. The first-order valence-corrected chi connectivity index (χ1v) is 8.43. The Hall–Kier alpha value is -2.79. The van der Waals surface area contributed by atoms with Crippen LogP contribution in [-0.4, -0.2) is 16.5 Å². The van der Waals surface area contributed by atoms with Crippen molar-refractivity contribution in [2.45, 2.75) is 13.3 Å². The van der Waals surface area contributed by atoms with E-state index in [2.05, 4.69) is 32.7 Å². The predicted molar refractivity (Wildman–Crippen MR) is 105 cm³/mol. The van der Waals surface area contributed by atoms with Gasteiger partial charge in [0.15, 0.2) is 11.6 Å². The molecule has 0 amide bonds. The maximum atomic E-state index is 6.22. The second kappa shape index (κ2) is 7.85. The van der Waals surface area contributed by atoms with Crippen LogP contribution in [0.4, 0.5) is 23.0 Å². The first-order valence-electron chi connectivity index (χ1n) is 8.05. The van der Waals surface area contributed by atoms with E-state index in [4.69, 9.17) is 17.3 Å². The first-order chi connectivity index (χ1) is 12.1. The average molecular weight is 354 g/mol. The predicted octanol–water partition coefficient (Wildman–Crippen LogP) is 4.42. The molecule has 3 rings (SSSR count). The van der Waals surface area contributed by atoms with E-state index in [1.165, 1.54) is 11.9 Å². The Labute approximate surface area is 152 Å². The summed E-state index contributed by atoms with van der Waals surface area (Å²) in [4.78, 5) is 8.48. The largest absolute Gasteiger partial charge is 0.393 e. The first kappa shape index (κ1) is 17.0. The van der Waals surface area contributed by atoms with E-state index in [1.807, 2.05) is 43.3 Å². The fourth-order valence-corrected chi connectivity index (χ4v) is 2.63. The molecule has 0 saturated heterocycles. The van der Waals surface area contributed by atoms with Crippen LogP contribution >= 0.6 is 11.6 Å². The molecule has 5 nitrogen and oxygen atoms in total. The third kappa shape index (κ3) is 4.39. The molecule has 0 spiro atoms. The van der Waals surface area contributed by atoms with Crippen molar-refractivity contribution < 1.29 is 0 Å². The second-order valence-electron chi connectivity index (χ2n) is 5.73. The lowest BCUT2D eigenvalue weighted by Crippen LogP contribution is -2.11. The number of nitrogen functional groups attached to an aromatic ring is 1. The molecule has 0 bridgehead atoms. The van der Waals surface area contributed by atoms with Crippen molar-refractivity contribution in [2.24, 2.45) is 0 Å². The van der Waals surface area contributed by atoms with Gasteiger partial charge in [-0.3, -0.25) is 0 Å². The maximum absolute atomic E-state index is 6.22. The Balaban J connectivity index is 1.70. The summed E-state index contributed by atoms with van der Waals surface area (Å²) in [6, 6.07) is 15.9. The van der Waals surface area contributed by atoms with E-state index < -0.39 is 0 Å².